The number of rotatable bonds is 4. The fraction of sp³-hybridized carbons (Fsp3) is 0.636. The highest BCUT2D eigenvalue weighted by Gasteiger charge is 2.36. The van der Waals surface area contributed by atoms with Gasteiger partial charge in [0, 0.05) is 0 Å². The van der Waals surface area contributed by atoms with Crippen molar-refractivity contribution < 1.29 is 19.4 Å². The molecule has 0 bridgehead atoms. The third-order valence-corrected chi connectivity index (χ3v) is 3.31. The van der Waals surface area contributed by atoms with Gasteiger partial charge in [0.05, 0.1) is 18.9 Å². The molecule has 1 aromatic rings. The summed E-state index contributed by atoms with van der Waals surface area (Å²) in [6, 6.07) is 0.119. The molecule has 1 heterocycles. The number of carboxylic acids is 1. The highest BCUT2D eigenvalue weighted by Crippen LogP contribution is 2.31. The Morgan fingerprint density at radius 2 is 2.05 bits per heavy atom. The Kier molecular flexibility index (Phi) is 3.98. The van der Waals surface area contributed by atoms with Crippen LogP contribution in [0.2, 0.25) is 0 Å². The van der Waals surface area contributed by atoms with Gasteiger partial charge >= 0.3 is 12.0 Å². The van der Waals surface area contributed by atoms with Crippen LogP contribution >= 0.6 is 0 Å². The summed E-state index contributed by atoms with van der Waals surface area (Å²) in [7, 11) is 1.41. The molecular weight excluding hydrogens is 252 g/mol. The zero-order chi connectivity index (χ0) is 13.8. The van der Waals surface area contributed by atoms with Gasteiger partial charge in [0.25, 0.3) is 0 Å². The minimum Gasteiger partial charge on any atom is -0.481 e. The summed E-state index contributed by atoms with van der Waals surface area (Å²) in [4.78, 5) is 27.1. The third kappa shape index (κ3) is 3.01. The molecule has 104 valence electrons. The average Bonchev–Trinajstić information content (AvgIpc) is 2.86. The number of aliphatic carboxylic acids is 1. The lowest BCUT2D eigenvalue weighted by atomic mass is 9.79. The molecule has 0 saturated heterocycles. The highest BCUT2D eigenvalue weighted by atomic mass is 16.5. The third-order valence-electron chi connectivity index (χ3n) is 3.31. The van der Waals surface area contributed by atoms with E-state index in [1.54, 1.807) is 0 Å². The first-order chi connectivity index (χ1) is 9.11. The number of hydrogen-bond acceptors (Lipinski definition) is 5. The number of nitrogens with zero attached hydrogens (tertiary/aromatic N) is 2. The quantitative estimate of drug-likeness (QED) is 0.737. The molecule has 8 heteroatoms. The van der Waals surface area contributed by atoms with Gasteiger partial charge in [-0.3, -0.25) is 14.9 Å². The van der Waals surface area contributed by atoms with Crippen LogP contribution < -0.4 is 10.1 Å². The van der Waals surface area contributed by atoms with Crippen molar-refractivity contribution in [3.05, 3.63) is 0 Å². The van der Waals surface area contributed by atoms with E-state index in [2.05, 4.69) is 20.5 Å². The first-order valence-electron chi connectivity index (χ1n) is 6.12. The van der Waals surface area contributed by atoms with E-state index < -0.39 is 17.8 Å². The maximum Gasteiger partial charge on any atom is 0.336 e. The molecule has 1 aliphatic rings. The monoisotopic (exact) mass is 268 g/mol. The Balaban J connectivity index is 2.03. The molecule has 0 spiro atoms. The number of ether oxygens (including phenoxy) is 1. The molecule has 2 rings (SSSR count). The number of amides is 1. The molecule has 1 fully saturated rings. The molecule has 19 heavy (non-hydrogen) atoms. The van der Waals surface area contributed by atoms with Gasteiger partial charge in [-0.05, 0) is 12.8 Å². The fourth-order valence-electron chi connectivity index (χ4n) is 2.34. The number of methoxy groups -OCH3 is 1. The van der Waals surface area contributed by atoms with E-state index in [1.165, 1.54) is 7.11 Å². The van der Waals surface area contributed by atoms with Crippen molar-refractivity contribution in [3.8, 4) is 6.01 Å². The lowest BCUT2D eigenvalue weighted by molar-refractivity contribution is -0.147. The van der Waals surface area contributed by atoms with Crippen LogP contribution in [-0.2, 0) is 9.59 Å². The van der Waals surface area contributed by atoms with Crippen LogP contribution in [0.4, 0.5) is 5.95 Å². The van der Waals surface area contributed by atoms with Crippen LogP contribution in [0.15, 0.2) is 0 Å². The van der Waals surface area contributed by atoms with Gasteiger partial charge in [0.2, 0.25) is 11.9 Å². The van der Waals surface area contributed by atoms with Crippen LogP contribution in [0.5, 0.6) is 6.01 Å². The summed E-state index contributed by atoms with van der Waals surface area (Å²) in [6.45, 7) is 0. The zero-order valence-corrected chi connectivity index (χ0v) is 10.5. The van der Waals surface area contributed by atoms with Gasteiger partial charge in [-0.25, -0.2) is 5.10 Å². The summed E-state index contributed by atoms with van der Waals surface area (Å²) in [5.41, 5.74) is 0. The maximum atomic E-state index is 12.1. The SMILES string of the molecule is COc1n[nH]c(NC(=O)[C@@H]2CCCC[C@@H]2C(=O)O)n1. The molecule has 0 unspecified atom stereocenters. The summed E-state index contributed by atoms with van der Waals surface area (Å²) in [6.07, 6.45) is 2.82. The summed E-state index contributed by atoms with van der Waals surface area (Å²) in [5.74, 6) is -2.25. The molecule has 1 aromatic heterocycles. The van der Waals surface area contributed by atoms with Crippen LogP contribution in [0.1, 0.15) is 25.7 Å². The standard InChI is InChI=1S/C11H16N4O4/c1-19-11-13-10(14-15-11)12-8(16)6-4-2-3-5-7(6)9(17)18/h6-7H,2-5H2,1H3,(H,17,18)(H2,12,13,14,15,16)/t6-,7+/m1/s1. The van der Waals surface area contributed by atoms with Crippen LogP contribution in [-0.4, -0.2) is 39.3 Å². The van der Waals surface area contributed by atoms with E-state index in [-0.39, 0.29) is 17.9 Å². The van der Waals surface area contributed by atoms with Crippen molar-refractivity contribution in [2.45, 2.75) is 25.7 Å². The van der Waals surface area contributed by atoms with E-state index >= 15 is 0 Å². The molecule has 2 atom stereocenters. The van der Waals surface area contributed by atoms with E-state index in [0.717, 1.165) is 12.8 Å². The molecular formula is C11H16N4O4. The Morgan fingerprint density at radius 1 is 1.37 bits per heavy atom. The largest absolute Gasteiger partial charge is 0.481 e. The molecule has 1 saturated carbocycles. The maximum absolute atomic E-state index is 12.1. The van der Waals surface area contributed by atoms with Crippen LogP contribution in [0.3, 0.4) is 0 Å². The average molecular weight is 268 g/mol. The van der Waals surface area contributed by atoms with Crippen molar-refractivity contribution in [2.24, 2.45) is 11.8 Å². The summed E-state index contributed by atoms with van der Waals surface area (Å²) < 4.78 is 4.78. The molecule has 0 radical (unpaired) electrons. The normalized spacial score (nSPS) is 22.8. The second-order valence-electron chi connectivity index (χ2n) is 4.50. The number of carbonyl (C=O) groups is 2. The molecule has 1 aliphatic carbocycles. The van der Waals surface area contributed by atoms with Crippen LogP contribution in [0.25, 0.3) is 0 Å². The predicted octanol–water partition coefficient (Wildman–Crippen LogP) is 0.643. The van der Waals surface area contributed by atoms with E-state index in [9.17, 15) is 9.59 Å². The van der Waals surface area contributed by atoms with Crippen molar-refractivity contribution in [3.63, 3.8) is 0 Å². The summed E-state index contributed by atoms with van der Waals surface area (Å²) >= 11 is 0. The number of aromatic nitrogens is 3. The number of carbonyl (C=O) groups excluding carboxylic acids is 1. The fourth-order valence-corrected chi connectivity index (χ4v) is 2.34. The topological polar surface area (TPSA) is 117 Å². The lowest BCUT2D eigenvalue weighted by Crippen LogP contribution is -2.36. The van der Waals surface area contributed by atoms with E-state index in [1.807, 2.05) is 0 Å². The minimum absolute atomic E-state index is 0.119. The van der Waals surface area contributed by atoms with Gasteiger partial charge in [0.1, 0.15) is 0 Å². The van der Waals surface area contributed by atoms with Gasteiger partial charge < -0.3 is 9.84 Å². The molecule has 8 nitrogen and oxygen atoms in total. The van der Waals surface area contributed by atoms with Crippen molar-refractivity contribution >= 4 is 17.8 Å². The van der Waals surface area contributed by atoms with E-state index in [4.69, 9.17) is 9.84 Å². The summed E-state index contributed by atoms with van der Waals surface area (Å²) in [5, 5.41) is 17.9. The molecule has 0 aromatic carbocycles. The smallest absolute Gasteiger partial charge is 0.336 e. The Morgan fingerprint density at radius 3 is 2.63 bits per heavy atom. The second-order valence-corrected chi connectivity index (χ2v) is 4.50. The first kappa shape index (κ1) is 13.3. The first-order valence-corrected chi connectivity index (χ1v) is 6.12. The van der Waals surface area contributed by atoms with Gasteiger partial charge in [-0.15, -0.1) is 5.10 Å². The number of H-pyrrole nitrogens is 1. The van der Waals surface area contributed by atoms with Gasteiger partial charge in [-0.2, -0.15) is 4.98 Å². The van der Waals surface area contributed by atoms with Crippen LogP contribution in [0, 0.1) is 11.8 Å². The number of anilines is 1. The molecule has 3 N–H and O–H groups in total. The second kappa shape index (κ2) is 5.68. The van der Waals surface area contributed by atoms with Crippen molar-refractivity contribution in [1.29, 1.82) is 0 Å². The lowest BCUT2D eigenvalue weighted by Gasteiger charge is -2.26. The Labute approximate surface area is 109 Å². The molecule has 0 aliphatic heterocycles. The minimum atomic E-state index is -0.921. The highest BCUT2D eigenvalue weighted by molar-refractivity contribution is 5.93. The Hall–Kier alpha value is -2.12. The number of nitrogens with one attached hydrogen (secondary N) is 2. The van der Waals surface area contributed by atoms with Crippen molar-refractivity contribution in [2.75, 3.05) is 12.4 Å². The van der Waals surface area contributed by atoms with Crippen molar-refractivity contribution in [1.82, 2.24) is 15.2 Å². The Bertz CT molecular complexity index is 473. The number of hydrogen-bond donors (Lipinski definition) is 3. The number of aromatic amines is 1. The van der Waals surface area contributed by atoms with Gasteiger partial charge in [0.15, 0.2) is 0 Å². The van der Waals surface area contributed by atoms with E-state index in [0.29, 0.717) is 12.8 Å². The molecule has 1 amide bonds. The zero-order valence-electron chi connectivity index (χ0n) is 10.5. The predicted molar refractivity (Wildman–Crippen MR) is 64.6 cm³/mol. The number of carboxylic acid groups (broad SMARTS) is 1. The van der Waals surface area contributed by atoms with Gasteiger partial charge in [-0.1, -0.05) is 12.8 Å².